The van der Waals surface area contributed by atoms with Gasteiger partial charge in [0, 0.05) is 5.69 Å². The van der Waals surface area contributed by atoms with Gasteiger partial charge in [0.1, 0.15) is 5.82 Å². The SMILES string of the molecule is O=C(Nc1ccc(F)cc1)NC1COC1. The molecular weight excluding hydrogens is 199 g/mol. The molecule has 0 radical (unpaired) electrons. The van der Waals surface area contributed by atoms with Gasteiger partial charge in [-0.15, -0.1) is 0 Å². The Labute approximate surface area is 86.4 Å². The Bertz CT molecular complexity index is 349. The normalized spacial score (nSPS) is 15.5. The Kier molecular flexibility index (Phi) is 2.82. The van der Waals surface area contributed by atoms with E-state index >= 15 is 0 Å². The minimum atomic E-state index is -0.326. The van der Waals surface area contributed by atoms with Crippen molar-refractivity contribution in [1.29, 1.82) is 0 Å². The van der Waals surface area contributed by atoms with Crippen molar-refractivity contribution in [3.63, 3.8) is 0 Å². The molecule has 1 aliphatic heterocycles. The highest BCUT2D eigenvalue weighted by Crippen LogP contribution is 2.08. The van der Waals surface area contributed by atoms with E-state index in [1.54, 1.807) is 0 Å². The maximum Gasteiger partial charge on any atom is 0.319 e. The summed E-state index contributed by atoms with van der Waals surface area (Å²) >= 11 is 0. The Morgan fingerprint density at radius 2 is 2.00 bits per heavy atom. The Hall–Kier alpha value is -1.62. The molecule has 0 saturated carbocycles. The lowest BCUT2D eigenvalue weighted by atomic mass is 10.2. The molecule has 1 heterocycles. The van der Waals surface area contributed by atoms with Crippen LogP contribution in [0.2, 0.25) is 0 Å². The summed E-state index contributed by atoms with van der Waals surface area (Å²) in [5.74, 6) is -0.326. The molecule has 2 amide bonds. The first-order valence-corrected chi connectivity index (χ1v) is 4.65. The average Bonchev–Trinajstić information content (AvgIpc) is 2.16. The standard InChI is InChI=1S/C10H11FN2O2/c11-7-1-3-8(4-2-7)12-10(14)13-9-5-15-6-9/h1-4,9H,5-6H2,(H2,12,13,14). The van der Waals surface area contributed by atoms with Gasteiger partial charge in [0.05, 0.1) is 19.3 Å². The van der Waals surface area contributed by atoms with Crippen molar-refractivity contribution in [3.05, 3.63) is 30.1 Å². The van der Waals surface area contributed by atoms with Crippen molar-refractivity contribution < 1.29 is 13.9 Å². The molecule has 0 spiro atoms. The molecule has 0 atom stereocenters. The molecule has 80 valence electrons. The number of halogens is 1. The van der Waals surface area contributed by atoms with Crippen LogP contribution in [0.5, 0.6) is 0 Å². The zero-order valence-corrected chi connectivity index (χ0v) is 8.00. The van der Waals surface area contributed by atoms with Gasteiger partial charge in [0.2, 0.25) is 0 Å². The van der Waals surface area contributed by atoms with E-state index in [9.17, 15) is 9.18 Å². The zero-order chi connectivity index (χ0) is 10.7. The largest absolute Gasteiger partial charge is 0.377 e. The van der Waals surface area contributed by atoms with E-state index in [2.05, 4.69) is 10.6 Å². The van der Waals surface area contributed by atoms with E-state index in [1.165, 1.54) is 24.3 Å². The number of rotatable bonds is 2. The van der Waals surface area contributed by atoms with E-state index in [1.807, 2.05) is 0 Å². The number of nitrogens with one attached hydrogen (secondary N) is 2. The Morgan fingerprint density at radius 1 is 1.33 bits per heavy atom. The van der Waals surface area contributed by atoms with Crippen LogP contribution in [-0.2, 0) is 4.74 Å². The van der Waals surface area contributed by atoms with Crippen molar-refractivity contribution in [2.24, 2.45) is 0 Å². The summed E-state index contributed by atoms with van der Waals surface area (Å²) in [6, 6.07) is 5.39. The van der Waals surface area contributed by atoms with Crippen molar-refractivity contribution in [3.8, 4) is 0 Å². The maximum atomic E-state index is 12.6. The number of urea groups is 1. The lowest BCUT2D eigenvalue weighted by molar-refractivity contribution is 0.000735. The van der Waals surface area contributed by atoms with Gasteiger partial charge in [-0.2, -0.15) is 0 Å². The van der Waals surface area contributed by atoms with Crippen LogP contribution in [0.4, 0.5) is 14.9 Å². The second kappa shape index (κ2) is 4.27. The molecule has 2 rings (SSSR count). The third-order valence-electron chi connectivity index (χ3n) is 2.08. The Morgan fingerprint density at radius 3 is 2.53 bits per heavy atom. The molecule has 0 aromatic heterocycles. The van der Waals surface area contributed by atoms with Crippen LogP contribution in [0.3, 0.4) is 0 Å². The number of hydrogen-bond donors (Lipinski definition) is 2. The molecule has 15 heavy (non-hydrogen) atoms. The van der Waals surface area contributed by atoms with Crippen molar-refractivity contribution in [2.45, 2.75) is 6.04 Å². The molecule has 0 aliphatic carbocycles. The van der Waals surface area contributed by atoms with Gasteiger partial charge in [0.15, 0.2) is 0 Å². The van der Waals surface area contributed by atoms with E-state index in [4.69, 9.17) is 4.74 Å². The van der Waals surface area contributed by atoms with Gasteiger partial charge < -0.3 is 15.4 Å². The fourth-order valence-electron chi connectivity index (χ4n) is 1.20. The zero-order valence-electron chi connectivity index (χ0n) is 8.00. The van der Waals surface area contributed by atoms with Gasteiger partial charge in [0.25, 0.3) is 0 Å². The van der Waals surface area contributed by atoms with Crippen LogP contribution in [0.1, 0.15) is 0 Å². The smallest absolute Gasteiger partial charge is 0.319 e. The van der Waals surface area contributed by atoms with E-state index < -0.39 is 0 Å². The van der Waals surface area contributed by atoms with Gasteiger partial charge in [-0.05, 0) is 24.3 Å². The maximum absolute atomic E-state index is 12.6. The molecule has 1 saturated heterocycles. The van der Waals surface area contributed by atoms with E-state index in [0.717, 1.165) is 0 Å². The predicted molar refractivity (Wildman–Crippen MR) is 53.2 cm³/mol. The number of amides is 2. The topological polar surface area (TPSA) is 50.4 Å². The van der Waals surface area contributed by atoms with Crippen LogP contribution in [0, 0.1) is 5.82 Å². The molecule has 1 aromatic carbocycles. The summed E-state index contributed by atoms with van der Waals surface area (Å²) in [5.41, 5.74) is 0.564. The highest BCUT2D eigenvalue weighted by Gasteiger charge is 2.19. The highest BCUT2D eigenvalue weighted by atomic mass is 19.1. The first-order chi connectivity index (χ1) is 7.24. The van der Waals surface area contributed by atoms with E-state index in [-0.39, 0.29) is 17.9 Å². The quantitative estimate of drug-likeness (QED) is 0.774. The van der Waals surface area contributed by atoms with Crippen LogP contribution in [0.15, 0.2) is 24.3 Å². The number of carbonyl (C=O) groups is 1. The summed E-state index contributed by atoms with van der Waals surface area (Å²) in [6.45, 7) is 1.10. The van der Waals surface area contributed by atoms with Crippen LogP contribution in [-0.4, -0.2) is 25.3 Å². The third-order valence-corrected chi connectivity index (χ3v) is 2.08. The molecule has 1 fully saturated rings. The van der Waals surface area contributed by atoms with Crippen LogP contribution >= 0.6 is 0 Å². The average molecular weight is 210 g/mol. The first-order valence-electron chi connectivity index (χ1n) is 4.65. The van der Waals surface area contributed by atoms with Crippen molar-refractivity contribution >= 4 is 11.7 Å². The van der Waals surface area contributed by atoms with Crippen LogP contribution < -0.4 is 10.6 Å². The van der Waals surface area contributed by atoms with Crippen LogP contribution in [0.25, 0.3) is 0 Å². The van der Waals surface area contributed by atoms with Gasteiger partial charge >= 0.3 is 6.03 Å². The number of benzene rings is 1. The Balaban J connectivity index is 1.84. The lowest BCUT2D eigenvalue weighted by Gasteiger charge is -2.26. The lowest BCUT2D eigenvalue weighted by Crippen LogP contribution is -2.49. The second-order valence-electron chi connectivity index (χ2n) is 3.34. The number of hydrogen-bond acceptors (Lipinski definition) is 2. The van der Waals surface area contributed by atoms with Crippen molar-refractivity contribution in [2.75, 3.05) is 18.5 Å². The van der Waals surface area contributed by atoms with E-state index in [0.29, 0.717) is 18.9 Å². The van der Waals surface area contributed by atoms with Crippen molar-refractivity contribution in [1.82, 2.24) is 5.32 Å². The second-order valence-corrected chi connectivity index (χ2v) is 3.34. The summed E-state index contributed by atoms with van der Waals surface area (Å²) in [6.07, 6.45) is 0. The fourth-order valence-corrected chi connectivity index (χ4v) is 1.20. The molecule has 1 aliphatic rings. The number of anilines is 1. The minimum absolute atomic E-state index is 0.0884. The summed E-state index contributed by atoms with van der Waals surface area (Å²) in [4.78, 5) is 11.3. The fraction of sp³-hybridized carbons (Fsp3) is 0.300. The molecule has 1 aromatic rings. The first kappa shape index (κ1) is 9.92. The van der Waals surface area contributed by atoms with Gasteiger partial charge in [-0.25, -0.2) is 9.18 Å². The highest BCUT2D eigenvalue weighted by molar-refractivity contribution is 5.89. The monoisotopic (exact) mass is 210 g/mol. The van der Waals surface area contributed by atoms with Gasteiger partial charge in [-0.3, -0.25) is 0 Å². The molecular formula is C10H11FN2O2. The molecule has 0 unspecified atom stereocenters. The minimum Gasteiger partial charge on any atom is -0.377 e. The third kappa shape index (κ3) is 2.66. The molecule has 0 bridgehead atoms. The summed E-state index contributed by atoms with van der Waals surface area (Å²) in [7, 11) is 0. The summed E-state index contributed by atoms with van der Waals surface area (Å²) < 4.78 is 17.5. The number of ether oxygens (including phenoxy) is 1. The molecule has 2 N–H and O–H groups in total. The van der Waals surface area contributed by atoms with Gasteiger partial charge in [-0.1, -0.05) is 0 Å². The summed E-state index contributed by atoms with van der Waals surface area (Å²) in [5, 5.41) is 5.31. The molecule has 5 heteroatoms. The number of carbonyl (C=O) groups excluding carboxylic acids is 1. The molecule has 4 nitrogen and oxygen atoms in total. The predicted octanol–water partition coefficient (Wildman–Crippen LogP) is 1.35.